The normalized spacial score (nSPS) is 16.1. The zero-order valence-corrected chi connectivity index (χ0v) is 18.7. The van der Waals surface area contributed by atoms with Crippen LogP contribution in [0.5, 0.6) is 0 Å². The van der Waals surface area contributed by atoms with E-state index in [1.165, 1.54) is 22.6 Å². The summed E-state index contributed by atoms with van der Waals surface area (Å²) in [7, 11) is 0. The molecule has 2 aliphatic heterocycles. The van der Waals surface area contributed by atoms with E-state index in [0.717, 1.165) is 17.5 Å². The molecule has 4 nitrogen and oxygen atoms in total. The van der Waals surface area contributed by atoms with Crippen LogP contribution in [0.4, 0.5) is 10.1 Å². The van der Waals surface area contributed by atoms with Crippen LogP contribution in [0.1, 0.15) is 42.0 Å². The Morgan fingerprint density at radius 2 is 1.48 bits per heavy atom. The molecule has 0 spiro atoms. The number of halogens is 1. The van der Waals surface area contributed by atoms with E-state index < -0.39 is 0 Å². The number of amides is 2. The van der Waals surface area contributed by atoms with Gasteiger partial charge in [-0.2, -0.15) is 0 Å². The lowest BCUT2D eigenvalue weighted by Crippen LogP contribution is -2.37. The summed E-state index contributed by atoms with van der Waals surface area (Å²) >= 11 is 0. The van der Waals surface area contributed by atoms with Crippen molar-refractivity contribution in [2.45, 2.75) is 32.7 Å². The van der Waals surface area contributed by atoms with Crippen LogP contribution in [0, 0.1) is 5.82 Å². The van der Waals surface area contributed by atoms with E-state index in [-0.39, 0.29) is 17.6 Å². The molecule has 0 aliphatic carbocycles. The predicted octanol–water partition coefficient (Wildman–Crippen LogP) is 5.29. The first kappa shape index (κ1) is 21.1. The molecule has 2 aliphatic rings. The molecule has 0 aromatic heterocycles. The van der Waals surface area contributed by atoms with Gasteiger partial charge in [-0.1, -0.05) is 62.4 Å². The number of rotatable bonds is 4. The largest absolute Gasteiger partial charge is 0.362 e. The van der Waals surface area contributed by atoms with Gasteiger partial charge in [-0.15, -0.1) is 0 Å². The Bertz CT molecular complexity index is 1260. The molecule has 0 saturated carbocycles. The third kappa shape index (κ3) is 3.74. The summed E-state index contributed by atoms with van der Waals surface area (Å²) in [5.41, 5.74) is 5.34. The summed E-state index contributed by atoms with van der Waals surface area (Å²) in [5.74, 6) is -0.750. The zero-order chi connectivity index (χ0) is 23.1. The maximum atomic E-state index is 13.7. The maximum Gasteiger partial charge on any atom is 0.282 e. The van der Waals surface area contributed by atoms with E-state index in [0.29, 0.717) is 41.5 Å². The van der Waals surface area contributed by atoms with Crippen LogP contribution in [-0.2, 0) is 22.6 Å². The zero-order valence-electron chi connectivity index (χ0n) is 18.7. The monoisotopic (exact) mass is 440 g/mol. The number of carbonyl (C=O) groups is 2. The Kier molecular flexibility index (Phi) is 5.33. The highest BCUT2D eigenvalue weighted by Gasteiger charge is 2.43. The Hall–Kier alpha value is -3.73. The Balaban J connectivity index is 1.58. The molecule has 5 heteroatoms. The van der Waals surface area contributed by atoms with Crippen LogP contribution in [0.2, 0.25) is 0 Å². The van der Waals surface area contributed by atoms with Gasteiger partial charge in [0, 0.05) is 13.1 Å². The van der Waals surface area contributed by atoms with Crippen LogP contribution in [0.3, 0.4) is 0 Å². The number of benzene rings is 3. The van der Waals surface area contributed by atoms with Crippen molar-refractivity contribution in [2.75, 3.05) is 11.4 Å². The molecule has 0 atom stereocenters. The van der Waals surface area contributed by atoms with E-state index in [9.17, 15) is 14.0 Å². The number of carbonyl (C=O) groups excluding carboxylic acids is 2. The minimum absolute atomic E-state index is 0.326. The molecular formula is C28H25FN2O2. The fourth-order valence-corrected chi connectivity index (χ4v) is 4.62. The average molecular weight is 441 g/mol. The van der Waals surface area contributed by atoms with Gasteiger partial charge in [0.2, 0.25) is 0 Å². The molecule has 2 amide bonds. The minimum Gasteiger partial charge on any atom is -0.362 e. The van der Waals surface area contributed by atoms with Crippen molar-refractivity contribution >= 4 is 23.1 Å². The summed E-state index contributed by atoms with van der Waals surface area (Å²) in [6.45, 7) is 5.38. The number of anilines is 1. The SMILES string of the molecule is CC(C)c1ccc(N2C(=O)C(c3ccc(F)cc3)=C(N3CCc4ccccc4C3)C2=O)cc1. The highest BCUT2D eigenvalue weighted by atomic mass is 19.1. The lowest BCUT2D eigenvalue weighted by molar-refractivity contribution is -0.120. The average Bonchev–Trinajstić information content (AvgIpc) is 3.09. The van der Waals surface area contributed by atoms with E-state index in [1.54, 1.807) is 12.1 Å². The first-order valence-electron chi connectivity index (χ1n) is 11.2. The molecule has 3 aromatic carbocycles. The van der Waals surface area contributed by atoms with Crippen LogP contribution in [0.25, 0.3) is 5.57 Å². The van der Waals surface area contributed by atoms with Crippen molar-refractivity contribution in [2.24, 2.45) is 0 Å². The van der Waals surface area contributed by atoms with Gasteiger partial charge in [0.1, 0.15) is 11.5 Å². The number of imide groups is 1. The van der Waals surface area contributed by atoms with Gasteiger partial charge in [0.05, 0.1) is 11.3 Å². The van der Waals surface area contributed by atoms with E-state index in [4.69, 9.17) is 0 Å². The van der Waals surface area contributed by atoms with Gasteiger partial charge in [-0.25, -0.2) is 9.29 Å². The fourth-order valence-electron chi connectivity index (χ4n) is 4.62. The molecule has 33 heavy (non-hydrogen) atoms. The summed E-state index contributed by atoms with van der Waals surface area (Å²) in [6.07, 6.45) is 0.793. The molecule has 166 valence electrons. The summed E-state index contributed by atoms with van der Waals surface area (Å²) in [4.78, 5) is 30.6. The molecule has 0 fully saturated rings. The Morgan fingerprint density at radius 3 is 2.15 bits per heavy atom. The molecule has 3 aromatic rings. The van der Waals surface area contributed by atoms with Gasteiger partial charge in [0.15, 0.2) is 0 Å². The lowest BCUT2D eigenvalue weighted by atomic mass is 9.98. The second-order valence-corrected chi connectivity index (χ2v) is 8.86. The molecule has 2 heterocycles. The van der Waals surface area contributed by atoms with Crippen molar-refractivity contribution in [3.63, 3.8) is 0 Å². The molecule has 0 radical (unpaired) electrons. The molecule has 5 rings (SSSR count). The van der Waals surface area contributed by atoms with Crippen LogP contribution < -0.4 is 4.90 Å². The molecule has 0 N–H and O–H groups in total. The van der Waals surface area contributed by atoms with Crippen molar-refractivity contribution in [3.05, 3.63) is 107 Å². The highest BCUT2D eigenvalue weighted by molar-refractivity contribution is 6.45. The number of fused-ring (bicyclic) bond motifs is 1. The van der Waals surface area contributed by atoms with Crippen molar-refractivity contribution in [1.82, 2.24) is 4.90 Å². The predicted molar refractivity (Wildman–Crippen MR) is 127 cm³/mol. The maximum absolute atomic E-state index is 13.7. The van der Waals surface area contributed by atoms with E-state index in [1.807, 2.05) is 41.3 Å². The van der Waals surface area contributed by atoms with Gasteiger partial charge in [-0.3, -0.25) is 9.59 Å². The smallest absolute Gasteiger partial charge is 0.282 e. The second-order valence-electron chi connectivity index (χ2n) is 8.86. The topological polar surface area (TPSA) is 40.6 Å². The van der Waals surface area contributed by atoms with Crippen LogP contribution in [-0.4, -0.2) is 23.3 Å². The van der Waals surface area contributed by atoms with E-state index in [2.05, 4.69) is 26.0 Å². The first-order chi connectivity index (χ1) is 15.9. The number of hydrogen-bond acceptors (Lipinski definition) is 3. The fraction of sp³-hybridized carbons (Fsp3) is 0.214. The third-order valence-electron chi connectivity index (χ3n) is 6.46. The first-order valence-corrected chi connectivity index (χ1v) is 11.2. The molecule has 0 unspecified atom stereocenters. The second kappa shape index (κ2) is 8.32. The molecule has 0 bridgehead atoms. The molecule has 0 saturated heterocycles. The molecular weight excluding hydrogens is 415 g/mol. The Morgan fingerprint density at radius 1 is 0.818 bits per heavy atom. The van der Waals surface area contributed by atoms with Gasteiger partial charge in [-0.05, 0) is 58.9 Å². The Labute approximate surface area is 193 Å². The summed E-state index contributed by atoms with van der Waals surface area (Å²) < 4.78 is 13.6. The van der Waals surface area contributed by atoms with Crippen molar-refractivity contribution < 1.29 is 14.0 Å². The van der Waals surface area contributed by atoms with Crippen LogP contribution in [0.15, 0.2) is 78.5 Å². The van der Waals surface area contributed by atoms with E-state index >= 15 is 0 Å². The van der Waals surface area contributed by atoms with Crippen molar-refractivity contribution in [3.8, 4) is 0 Å². The van der Waals surface area contributed by atoms with Gasteiger partial charge >= 0.3 is 0 Å². The number of nitrogens with zero attached hydrogens (tertiary/aromatic N) is 2. The number of hydrogen-bond donors (Lipinski definition) is 0. The quantitative estimate of drug-likeness (QED) is 0.518. The van der Waals surface area contributed by atoms with Crippen molar-refractivity contribution in [1.29, 1.82) is 0 Å². The summed E-state index contributed by atoms with van der Waals surface area (Å²) in [5, 5.41) is 0. The minimum atomic E-state index is -0.384. The summed E-state index contributed by atoms with van der Waals surface area (Å²) in [6, 6.07) is 21.5. The lowest BCUT2D eigenvalue weighted by Gasteiger charge is -2.31. The van der Waals surface area contributed by atoms with Gasteiger partial charge in [0.25, 0.3) is 11.8 Å². The van der Waals surface area contributed by atoms with Gasteiger partial charge < -0.3 is 4.90 Å². The van der Waals surface area contributed by atoms with Crippen LogP contribution >= 0.6 is 0 Å². The standard InChI is InChI=1S/C28H25FN2O2/c1-18(2)19-9-13-24(14-10-19)31-27(32)25(21-7-11-23(29)12-8-21)26(28(31)33)30-16-15-20-5-3-4-6-22(20)17-30/h3-14,18H,15-17H2,1-2H3. The third-order valence-corrected chi connectivity index (χ3v) is 6.46. The highest BCUT2D eigenvalue weighted by Crippen LogP contribution is 2.37.